The number of nitrogens with zero attached hydrogens (tertiary/aromatic N) is 2. The van der Waals surface area contributed by atoms with Gasteiger partial charge in [0, 0.05) is 36.5 Å². The summed E-state index contributed by atoms with van der Waals surface area (Å²) < 4.78 is 30.8. The molecule has 1 fully saturated rings. The minimum Gasteiger partial charge on any atom is -0.477 e. The summed E-state index contributed by atoms with van der Waals surface area (Å²) in [6, 6.07) is 2.00. The fourth-order valence-corrected chi connectivity index (χ4v) is 4.64. The molecule has 1 atom stereocenters. The highest BCUT2D eigenvalue weighted by atomic mass is 35.5. The number of aryl methyl sites for hydroxylation is 1. The van der Waals surface area contributed by atoms with E-state index in [0.717, 1.165) is 12.3 Å². The minimum atomic E-state index is -1.54. The maximum Gasteiger partial charge on any atom is 0.341 e. The molecule has 0 amide bonds. The number of benzene rings is 2. The second-order valence-corrected chi connectivity index (χ2v) is 8.41. The molecular weight excluding hydrogens is 458 g/mol. The predicted molar refractivity (Wildman–Crippen MR) is 121 cm³/mol. The van der Waals surface area contributed by atoms with E-state index in [1.807, 2.05) is 0 Å². The van der Waals surface area contributed by atoms with Crippen molar-refractivity contribution in [2.24, 2.45) is 5.73 Å². The molecule has 1 aliphatic heterocycles. The molecule has 0 saturated carbocycles. The second-order valence-electron chi connectivity index (χ2n) is 8.03. The Morgan fingerprint density at radius 2 is 2.03 bits per heavy atom. The number of carboxylic acids is 1. The molecule has 2 aromatic carbocycles. The number of hydrogen-bond donors (Lipinski definition) is 4. The van der Waals surface area contributed by atoms with Gasteiger partial charge in [-0.1, -0.05) is 11.6 Å². The lowest BCUT2D eigenvalue weighted by Gasteiger charge is -2.25. The summed E-state index contributed by atoms with van der Waals surface area (Å²) in [7, 11) is 0. The van der Waals surface area contributed by atoms with Gasteiger partial charge in [-0.25, -0.2) is 13.6 Å². The lowest BCUT2D eigenvalue weighted by Crippen LogP contribution is -2.28. The topological polar surface area (TPSA) is 135 Å². The van der Waals surface area contributed by atoms with E-state index in [4.69, 9.17) is 23.1 Å². The van der Waals surface area contributed by atoms with E-state index in [1.165, 1.54) is 17.6 Å². The van der Waals surface area contributed by atoms with Crippen LogP contribution in [0.2, 0.25) is 5.02 Å². The Kier molecular flexibility index (Phi) is 5.77. The van der Waals surface area contributed by atoms with Crippen molar-refractivity contribution < 1.29 is 23.8 Å². The molecule has 11 heteroatoms. The number of nitrogens with two attached hydrogens (primary N) is 2. The highest BCUT2D eigenvalue weighted by Gasteiger charge is 2.30. The molecule has 0 spiro atoms. The molecule has 1 unspecified atom stereocenters. The molecule has 6 N–H and O–H groups in total. The van der Waals surface area contributed by atoms with Crippen LogP contribution in [0.25, 0.3) is 16.6 Å². The van der Waals surface area contributed by atoms with Gasteiger partial charge in [0.2, 0.25) is 5.43 Å². The standard InChI is InChI=1S/C22H21ClF2N4O4/c1-9-16-19(17(23)20(18(9)25)28-3-2-11(26)6-28)29(7-12(21(16)31)22(32)33)15-5-14(27)13(24)4-10(15)8-30/h4-5,7,11,30H,2-3,6,8,26-27H2,1H3,(H,32,33). The smallest absolute Gasteiger partial charge is 0.341 e. The van der Waals surface area contributed by atoms with Gasteiger partial charge < -0.3 is 31.1 Å². The van der Waals surface area contributed by atoms with Crippen LogP contribution in [0.1, 0.15) is 27.9 Å². The third kappa shape index (κ3) is 3.60. The number of pyridine rings is 1. The van der Waals surface area contributed by atoms with Crippen LogP contribution in [0, 0.1) is 18.6 Å². The largest absolute Gasteiger partial charge is 0.477 e. The Morgan fingerprint density at radius 3 is 2.61 bits per heavy atom. The molecule has 1 aliphatic rings. The Labute approximate surface area is 191 Å². The first-order valence-electron chi connectivity index (χ1n) is 10.1. The highest BCUT2D eigenvalue weighted by molar-refractivity contribution is 6.38. The zero-order valence-electron chi connectivity index (χ0n) is 17.5. The molecule has 4 rings (SSSR count). The third-order valence-electron chi connectivity index (χ3n) is 5.93. The second kappa shape index (κ2) is 8.29. The van der Waals surface area contributed by atoms with Crippen molar-refractivity contribution in [1.82, 2.24) is 4.57 Å². The summed E-state index contributed by atoms with van der Waals surface area (Å²) >= 11 is 6.67. The molecular formula is C22H21ClF2N4O4. The molecule has 1 saturated heterocycles. The SMILES string of the molecule is Cc1c(F)c(N2CCC(N)C2)c(Cl)c2c1c(=O)c(C(=O)O)cn2-c1cc(N)c(F)cc1CO. The number of fused-ring (bicyclic) bond motifs is 1. The Balaban J connectivity index is 2.20. The zero-order chi connectivity index (χ0) is 24.2. The van der Waals surface area contributed by atoms with E-state index in [-0.39, 0.29) is 50.2 Å². The molecule has 0 aliphatic carbocycles. The first-order chi connectivity index (χ1) is 15.6. The number of halogens is 3. The van der Waals surface area contributed by atoms with Crippen LogP contribution in [-0.4, -0.2) is 39.9 Å². The average molecular weight is 479 g/mol. The van der Waals surface area contributed by atoms with Crippen LogP contribution in [-0.2, 0) is 6.61 Å². The van der Waals surface area contributed by atoms with Crippen LogP contribution >= 0.6 is 11.6 Å². The van der Waals surface area contributed by atoms with Crippen LogP contribution in [0.5, 0.6) is 0 Å². The summed E-state index contributed by atoms with van der Waals surface area (Å²) in [6.07, 6.45) is 1.63. The molecule has 174 valence electrons. The van der Waals surface area contributed by atoms with Crippen LogP contribution in [0.3, 0.4) is 0 Å². The van der Waals surface area contributed by atoms with Crippen molar-refractivity contribution in [3.8, 4) is 5.69 Å². The quantitative estimate of drug-likeness (QED) is 0.423. The minimum absolute atomic E-state index is 0.0155. The number of aliphatic hydroxyl groups excluding tert-OH is 1. The zero-order valence-corrected chi connectivity index (χ0v) is 18.3. The van der Waals surface area contributed by atoms with Gasteiger partial charge in [0.25, 0.3) is 0 Å². The Morgan fingerprint density at radius 1 is 1.33 bits per heavy atom. The lowest BCUT2D eigenvalue weighted by molar-refractivity contribution is 0.0695. The van der Waals surface area contributed by atoms with Crippen LogP contribution in [0.15, 0.2) is 23.1 Å². The number of aromatic carboxylic acids is 1. The third-order valence-corrected chi connectivity index (χ3v) is 6.29. The summed E-state index contributed by atoms with van der Waals surface area (Å²) in [5, 5.41) is 19.0. The van der Waals surface area contributed by atoms with Gasteiger partial charge in [-0.3, -0.25) is 4.79 Å². The van der Waals surface area contributed by atoms with Gasteiger partial charge in [0.1, 0.15) is 11.4 Å². The van der Waals surface area contributed by atoms with Gasteiger partial charge in [-0.15, -0.1) is 0 Å². The molecule has 3 aromatic rings. The predicted octanol–water partition coefficient (Wildman–Crippen LogP) is 2.54. The number of aliphatic hydroxyl groups is 1. The fourth-order valence-electron chi connectivity index (χ4n) is 4.25. The van der Waals surface area contributed by atoms with Crippen LogP contribution in [0.4, 0.5) is 20.2 Å². The van der Waals surface area contributed by atoms with Crippen LogP contribution < -0.4 is 21.8 Å². The van der Waals surface area contributed by atoms with Crippen molar-refractivity contribution in [1.29, 1.82) is 0 Å². The number of anilines is 2. The number of hydrogen-bond acceptors (Lipinski definition) is 6. The molecule has 0 radical (unpaired) electrons. The first kappa shape index (κ1) is 23.0. The molecule has 0 bridgehead atoms. The lowest BCUT2D eigenvalue weighted by atomic mass is 10.0. The number of carbonyl (C=O) groups is 1. The average Bonchev–Trinajstić information content (AvgIpc) is 3.19. The number of carboxylic acid groups (broad SMARTS) is 1. The summed E-state index contributed by atoms with van der Waals surface area (Å²) in [6.45, 7) is 1.51. The summed E-state index contributed by atoms with van der Waals surface area (Å²) in [5.41, 5.74) is 9.98. The molecule has 1 aromatic heterocycles. The molecule has 2 heterocycles. The van der Waals surface area contributed by atoms with Gasteiger partial charge >= 0.3 is 5.97 Å². The summed E-state index contributed by atoms with van der Waals surface area (Å²) in [4.78, 5) is 26.5. The van der Waals surface area contributed by atoms with Gasteiger partial charge in [-0.2, -0.15) is 0 Å². The van der Waals surface area contributed by atoms with Crippen molar-refractivity contribution >= 4 is 39.8 Å². The maximum atomic E-state index is 15.5. The molecule has 33 heavy (non-hydrogen) atoms. The van der Waals surface area contributed by atoms with Crippen molar-refractivity contribution in [3.05, 3.63) is 61.9 Å². The Bertz CT molecular complexity index is 1380. The highest BCUT2D eigenvalue weighted by Crippen LogP contribution is 2.40. The van der Waals surface area contributed by atoms with E-state index in [1.54, 1.807) is 4.90 Å². The fraction of sp³-hybridized carbons (Fsp3) is 0.273. The number of nitrogen functional groups attached to an aromatic ring is 1. The van der Waals surface area contributed by atoms with E-state index < -0.39 is 35.2 Å². The van der Waals surface area contributed by atoms with E-state index >= 15 is 4.39 Å². The first-order valence-corrected chi connectivity index (χ1v) is 10.4. The Hall–Kier alpha value is -3.21. The monoisotopic (exact) mass is 478 g/mol. The van der Waals surface area contributed by atoms with Crippen molar-refractivity contribution in [2.75, 3.05) is 23.7 Å². The van der Waals surface area contributed by atoms with Gasteiger partial charge in [-0.05, 0) is 25.5 Å². The number of rotatable bonds is 4. The van der Waals surface area contributed by atoms with E-state index in [9.17, 15) is 24.2 Å². The van der Waals surface area contributed by atoms with Gasteiger partial charge in [0.15, 0.2) is 5.82 Å². The number of aromatic nitrogens is 1. The maximum absolute atomic E-state index is 15.5. The molecule has 8 nitrogen and oxygen atoms in total. The van der Waals surface area contributed by atoms with Crippen molar-refractivity contribution in [3.63, 3.8) is 0 Å². The summed E-state index contributed by atoms with van der Waals surface area (Å²) in [5.74, 6) is -3.08. The van der Waals surface area contributed by atoms with Gasteiger partial charge in [0.05, 0.1) is 39.6 Å². The van der Waals surface area contributed by atoms with E-state index in [2.05, 4.69) is 0 Å². The van der Waals surface area contributed by atoms with E-state index in [0.29, 0.717) is 19.5 Å². The normalized spacial score (nSPS) is 16.1. The van der Waals surface area contributed by atoms with Crippen molar-refractivity contribution in [2.45, 2.75) is 26.0 Å².